The lowest BCUT2D eigenvalue weighted by Crippen LogP contribution is -2.36. The number of aliphatic hydroxyl groups is 1. The number of nitrogen functional groups attached to an aromatic ring is 1. The molecule has 0 fully saturated rings. The zero-order valence-corrected chi connectivity index (χ0v) is 11.5. The molecule has 0 heterocycles. The van der Waals surface area contributed by atoms with Gasteiger partial charge < -0.3 is 20.2 Å². The van der Waals surface area contributed by atoms with Gasteiger partial charge in [-0.05, 0) is 18.2 Å². The van der Waals surface area contributed by atoms with Crippen LogP contribution >= 0.6 is 11.6 Å². The topological polar surface area (TPSA) is 87.8 Å². The number of hydrogen-bond acceptors (Lipinski definition) is 5. The van der Waals surface area contributed by atoms with Gasteiger partial charge in [0.2, 0.25) is 0 Å². The highest BCUT2D eigenvalue weighted by Crippen LogP contribution is 2.21. The number of benzene rings is 1. The van der Waals surface area contributed by atoms with Crippen LogP contribution in [0.2, 0.25) is 5.02 Å². The molecule has 0 saturated heterocycles. The number of nitrogens with two attached hydrogens (primary N) is 1. The highest BCUT2D eigenvalue weighted by molar-refractivity contribution is 6.31. The molecule has 0 aliphatic rings. The molecular formula is C12H18ClN3O3. The van der Waals surface area contributed by atoms with E-state index in [0.717, 1.165) is 0 Å². The number of aliphatic hydroxyl groups excluding tert-OH is 1. The number of nitrogens with zero attached hydrogens (tertiary/aromatic N) is 1. The normalized spacial score (nSPS) is 10.3. The average molecular weight is 288 g/mol. The minimum atomic E-state index is -0.262. The Balaban J connectivity index is 2.97. The molecule has 0 aromatic heterocycles. The standard InChI is InChI=1S/C12H18ClN3O3/c1-19-7-5-16(4-6-17)12(18)10-8-9(13)2-3-11(10)15-14/h2-3,8,15,17H,4-7,14H2,1H3. The maximum Gasteiger partial charge on any atom is 0.256 e. The molecule has 0 spiro atoms. The second kappa shape index (κ2) is 7.96. The lowest BCUT2D eigenvalue weighted by Gasteiger charge is -2.22. The first kappa shape index (κ1) is 15.7. The molecular weight excluding hydrogens is 270 g/mol. The summed E-state index contributed by atoms with van der Waals surface area (Å²) in [5.41, 5.74) is 3.30. The van der Waals surface area contributed by atoms with Crippen LogP contribution in [0.3, 0.4) is 0 Å². The number of carbonyl (C=O) groups excluding carboxylic acids is 1. The van der Waals surface area contributed by atoms with Gasteiger partial charge in [0.15, 0.2) is 0 Å². The van der Waals surface area contributed by atoms with Crippen LogP contribution < -0.4 is 11.3 Å². The minimum Gasteiger partial charge on any atom is -0.395 e. The first-order chi connectivity index (χ1) is 9.13. The Morgan fingerprint density at radius 2 is 2.26 bits per heavy atom. The van der Waals surface area contributed by atoms with Crippen LogP contribution in [-0.4, -0.2) is 49.3 Å². The van der Waals surface area contributed by atoms with E-state index in [1.165, 1.54) is 11.0 Å². The fraction of sp³-hybridized carbons (Fsp3) is 0.417. The SMILES string of the molecule is COCCN(CCO)C(=O)c1cc(Cl)ccc1NN. The number of hydrazine groups is 1. The fourth-order valence-electron chi connectivity index (χ4n) is 1.63. The molecule has 0 atom stereocenters. The number of methoxy groups -OCH3 is 1. The largest absolute Gasteiger partial charge is 0.395 e. The van der Waals surface area contributed by atoms with Gasteiger partial charge in [0.1, 0.15) is 0 Å². The van der Waals surface area contributed by atoms with Crippen LogP contribution in [0.15, 0.2) is 18.2 Å². The van der Waals surface area contributed by atoms with E-state index in [1.54, 1.807) is 19.2 Å². The summed E-state index contributed by atoms with van der Waals surface area (Å²) in [4.78, 5) is 13.9. The number of rotatable bonds is 7. The van der Waals surface area contributed by atoms with Crippen molar-refractivity contribution < 1.29 is 14.6 Å². The fourth-order valence-corrected chi connectivity index (χ4v) is 1.80. The summed E-state index contributed by atoms with van der Waals surface area (Å²) >= 11 is 5.89. The smallest absolute Gasteiger partial charge is 0.256 e. The number of anilines is 1. The molecule has 7 heteroatoms. The van der Waals surface area contributed by atoms with E-state index in [4.69, 9.17) is 27.3 Å². The van der Waals surface area contributed by atoms with Crippen LogP contribution in [-0.2, 0) is 4.74 Å². The van der Waals surface area contributed by atoms with Gasteiger partial charge in [0.25, 0.3) is 5.91 Å². The molecule has 19 heavy (non-hydrogen) atoms. The summed E-state index contributed by atoms with van der Waals surface area (Å²) < 4.78 is 4.94. The van der Waals surface area contributed by atoms with Crippen LogP contribution in [0.5, 0.6) is 0 Å². The van der Waals surface area contributed by atoms with Crippen molar-refractivity contribution in [3.63, 3.8) is 0 Å². The van der Waals surface area contributed by atoms with E-state index >= 15 is 0 Å². The first-order valence-electron chi connectivity index (χ1n) is 5.79. The van der Waals surface area contributed by atoms with Crippen molar-refractivity contribution in [1.29, 1.82) is 0 Å². The Morgan fingerprint density at radius 3 is 2.84 bits per heavy atom. The van der Waals surface area contributed by atoms with E-state index in [0.29, 0.717) is 29.4 Å². The molecule has 0 aliphatic heterocycles. The number of nitrogens with one attached hydrogen (secondary N) is 1. The third-order valence-electron chi connectivity index (χ3n) is 2.59. The Kier molecular flexibility index (Phi) is 6.58. The molecule has 1 rings (SSSR count). The number of amides is 1. The quantitative estimate of drug-likeness (QED) is 0.508. The number of ether oxygens (including phenoxy) is 1. The summed E-state index contributed by atoms with van der Waals surface area (Å²) in [6.45, 7) is 0.865. The minimum absolute atomic E-state index is 0.124. The molecule has 0 aliphatic carbocycles. The molecule has 6 nitrogen and oxygen atoms in total. The maximum atomic E-state index is 12.4. The number of carbonyl (C=O) groups is 1. The van der Waals surface area contributed by atoms with Gasteiger partial charge in [-0.15, -0.1) is 0 Å². The van der Waals surface area contributed by atoms with Crippen LogP contribution in [0.25, 0.3) is 0 Å². The van der Waals surface area contributed by atoms with Gasteiger partial charge in [-0.2, -0.15) is 0 Å². The van der Waals surface area contributed by atoms with E-state index in [9.17, 15) is 4.79 Å². The van der Waals surface area contributed by atoms with Gasteiger partial charge in [0.05, 0.1) is 24.5 Å². The molecule has 106 valence electrons. The average Bonchev–Trinajstić information content (AvgIpc) is 2.42. The van der Waals surface area contributed by atoms with Crippen LogP contribution in [0.1, 0.15) is 10.4 Å². The monoisotopic (exact) mass is 287 g/mol. The molecule has 1 aromatic carbocycles. The van der Waals surface area contributed by atoms with Gasteiger partial charge in [-0.25, -0.2) is 0 Å². The first-order valence-corrected chi connectivity index (χ1v) is 6.17. The Labute approximate surface area is 117 Å². The van der Waals surface area contributed by atoms with Gasteiger partial charge >= 0.3 is 0 Å². The van der Waals surface area contributed by atoms with Crippen LogP contribution in [0.4, 0.5) is 5.69 Å². The Hall–Kier alpha value is -1.34. The lowest BCUT2D eigenvalue weighted by molar-refractivity contribution is 0.0657. The number of hydrogen-bond donors (Lipinski definition) is 3. The summed E-state index contributed by atoms with van der Waals surface area (Å²) in [7, 11) is 1.55. The maximum absolute atomic E-state index is 12.4. The van der Waals surface area contributed by atoms with Gasteiger partial charge in [-0.1, -0.05) is 11.6 Å². The zero-order valence-electron chi connectivity index (χ0n) is 10.7. The second-order valence-electron chi connectivity index (χ2n) is 3.84. The third-order valence-corrected chi connectivity index (χ3v) is 2.83. The summed E-state index contributed by atoms with van der Waals surface area (Å²) in [6, 6.07) is 4.80. The zero-order chi connectivity index (χ0) is 14.3. The van der Waals surface area contributed by atoms with Gasteiger partial charge in [0, 0.05) is 25.2 Å². The molecule has 0 radical (unpaired) electrons. The molecule has 4 N–H and O–H groups in total. The highest BCUT2D eigenvalue weighted by Gasteiger charge is 2.18. The van der Waals surface area contributed by atoms with E-state index in [-0.39, 0.29) is 19.1 Å². The van der Waals surface area contributed by atoms with Crippen molar-refractivity contribution >= 4 is 23.2 Å². The molecule has 0 saturated carbocycles. The van der Waals surface area contributed by atoms with Gasteiger partial charge in [-0.3, -0.25) is 10.6 Å². The third kappa shape index (κ3) is 4.36. The van der Waals surface area contributed by atoms with Crippen molar-refractivity contribution in [1.82, 2.24) is 4.90 Å². The summed E-state index contributed by atoms with van der Waals surface area (Å²) in [6.07, 6.45) is 0. The summed E-state index contributed by atoms with van der Waals surface area (Å²) in [5.74, 6) is 5.11. The molecule has 1 aromatic rings. The van der Waals surface area contributed by atoms with Crippen molar-refractivity contribution in [2.45, 2.75) is 0 Å². The van der Waals surface area contributed by atoms with Crippen molar-refractivity contribution in [2.24, 2.45) is 5.84 Å². The predicted octanol–water partition coefficient (Wildman–Crippen LogP) is 0.707. The second-order valence-corrected chi connectivity index (χ2v) is 4.28. The molecule has 0 bridgehead atoms. The number of halogens is 1. The van der Waals surface area contributed by atoms with E-state index < -0.39 is 0 Å². The van der Waals surface area contributed by atoms with E-state index in [2.05, 4.69) is 5.43 Å². The molecule has 0 unspecified atom stereocenters. The Bertz CT molecular complexity index is 429. The molecule has 1 amide bonds. The van der Waals surface area contributed by atoms with E-state index in [1.807, 2.05) is 0 Å². The van der Waals surface area contributed by atoms with Crippen LogP contribution in [0, 0.1) is 0 Å². The van der Waals surface area contributed by atoms with Crippen molar-refractivity contribution in [2.75, 3.05) is 38.8 Å². The Morgan fingerprint density at radius 1 is 1.53 bits per heavy atom. The highest BCUT2D eigenvalue weighted by atomic mass is 35.5. The predicted molar refractivity (Wildman–Crippen MR) is 74.1 cm³/mol. The van der Waals surface area contributed by atoms with Crippen molar-refractivity contribution in [3.8, 4) is 0 Å². The summed E-state index contributed by atoms with van der Waals surface area (Å²) in [5, 5.41) is 9.45. The lowest BCUT2D eigenvalue weighted by atomic mass is 10.1. The van der Waals surface area contributed by atoms with Crippen molar-refractivity contribution in [3.05, 3.63) is 28.8 Å².